The first-order chi connectivity index (χ1) is 28.9. The molecular formula is C51H34N4. The van der Waals surface area contributed by atoms with Crippen LogP contribution in [0, 0.1) is 0 Å². The molecule has 0 atom stereocenters. The highest BCUT2D eigenvalue weighted by molar-refractivity contribution is 6.10. The third-order valence-corrected chi connectivity index (χ3v) is 9.94. The molecule has 2 aromatic heterocycles. The monoisotopic (exact) mass is 706 g/mol. The topological polar surface area (TPSA) is 43.6 Å². The van der Waals surface area contributed by atoms with Gasteiger partial charge in [-0.05, 0) is 81.9 Å². The second-order valence-electron chi connectivity index (χ2n) is 13.4. The Labute approximate surface area is 325 Å². The fraction of sp³-hybridized carbons (Fsp3) is 0. The average molecular weight is 707 g/mol. The summed E-state index contributed by atoms with van der Waals surface area (Å²) >= 11 is 0. The molecule has 55 heavy (non-hydrogen) atoms. The minimum Gasteiger partial charge on any atom is -0.309 e. The molecule has 0 spiro atoms. The molecule has 0 unspecified atom stereocenters. The van der Waals surface area contributed by atoms with Crippen LogP contribution in [0.5, 0.6) is 0 Å². The lowest BCUT2D eigenvalue weighted by molar-refractivity contribution is 1.07. The highest BCUT2D eigenvalue weighted by Crippen LogP contribution is 2.38. The lowest BCUT2D eigenvalue weighted by atomic mass is 9.93. The van der Waals surface area contributed by atoms with Crippen molar-refractivity contribution in [1.29, 1.82) is 0 Å². The van der Waals surface area contributed by atoms with E-state index in [9.17, 15) is 2.74 Å². The summed E-state index contributed by atoms with van der Waals surface area (Å²) in [5, 5.41) is 1.18. The minimum absolute atomic E-state index is 0.0847. The number of benzene rings is 8. The van der Waals surface area contributed by atoms with Gasteiger partial charge in [0.2, 0.25) is 0 Å². The number of rotatable bonds is 7. The molecule has 2 heterocycles. The maximum atomic E-state index is 9.23. The zero-order valence-electron chi connectivity index (χ0n) is 33.6. The summed E-state index contributed by atoms with van der Waals surface area (Å²) in [5.74, 6) is 1.58. The molecule has 0 saturated carbocycles. The van der Waals surface area contributed by atoms with Crippen LogP contribution in [-0.4, -0.2) is 19.5 Å². The lowest BCUT2D eigenvalue weighted by Crippen LogP contribution is -2.01. The van der Waals surface area contributed by atoms with E-state index in [1.165, 1.54) is 0 Å². The molecule has 0 aliphatic rings. The largest absolute Gasteiger partial charge is 0.309 e. The normalized spacial score (nSPS) is 12.3. The zero-order chi connectivity index (χ0) is 40.0. The van der Waals surface area contributed by atoms with Crippen molar-refractivity contribution >= 4 is 21.8 Å². The second-order valence-corrected chi connectivity index (χ2v) is 13.4. The molecule has 0 fully saturated rings. The summed E-state index contributed by atoms with van der Waals surface area (Å²) in [7, 11) is 0. The van der Waals surface area contributed by atoms with Crippen molar-refractivity contribution in [2.24, 2.45) is 0 Å². The van der Waals surface area contributed by atoms with Gasteiger partial charge in [0.25, 0.3) is 0 Å². The van der Waals surface area contributed by atoms with E-state index in [1.54, 1.807) is 0 Å². The molecule has 0 bridgehead atoms. The third kappa shape index (κ3) is 6.16. The number of hydrogen-bond acceptors (Lipinski definition) is 3. The highest BCUT2D eigenvalue weighted by Gasteiger charge is 2.17. The lowest BCUT2D eigenvalue weighted by Gasteiger charge is -2.13. The maximum absolute atomic E-state index is 9.23. The molecule has 4 nitrogen and oxygen atoms in total. The fourth-order valence-corrected chi connectivity index (χ4v) is 7.28. The van der Waals surface area contributed by atoms with Crippen LogP contribution in [0.1, 0.15) is 5.48 Å². The van der Waals surface area contributed by atoms with Crippen LogP contribution >= 0.6 is 0 Å². The van der Waals surface area contributed by atoms with Crippen LogP contribution in [0.25, 0.3) is 95.0 Å². The van der Waals surface area contributed by atoms with E-state index in [0.717, 1.165) is 61.0 Å². The van der Waals surface area contributed by atoms with Crippen molar-refractivity contribution in [2.75, 3.05) is 0 Å². The predicted octanol–water partition coefficient (Wildman–Crippen LogP) is 13.0. The van der Waals surface area contributed by atoms with E-state index < -0.39 is 0 Å². The Kier molecular flexibility index (Phi) is 7.08. The van der Waals surface area contributed by atoms with Gasteiger partial charge >= 0.3 is 0 Å². The number of nitrogens with zero attached hydrogens (tertiary/aromatic N) is 4. The minimum atomic E-state index is -0.288. The Morgan fingerprint density at radius 2 is 0.800 bits per heavy atom. The Morgan fingerprint density at radius 1 is 0.327 bits per heavy atom. The van der Waals surface area contributed by atoms with Gasteiger partial charge in [0.05, 0.1) is 16.5 Å². The summed E-state index contributed by atoms with van der Waals surface area (Å²) in [6.45, 7) is 0. The molecule has 0 aliphatic carbocycles. The molecule has 10 aromatic rings. The van der Waals surface area contributed by atoms with Crippen molar-refractivity contribution in [2.45, 2.75) is 0 Å². The van der Waals surface area contributed by atoms with Gasteiger partial charge in [-0.3, -0.25) is 0 Å². The van der Waals surface area contributed by atoms with Crippen LogP contribution in [-0.2, 0) is 0 Å². The number of aromatic nitrogens is 4. The summed E-state index contributed by atoms with van der Waals surface area (Å²) in [4.78, 5) is 14.8. The van der Waals surface area contributed by atoms with Crippen LogP contribution in [0.3, 0.4) is 0 Å². The number of fused-ring (bicyclic) bond motifs is 3. The van der Waals surface area contributed by atoms with Crippen LogP contribution in [0.4, 0.5) is 0 Å². The van der Waals surface area contributed by atoms with E-state index in [2.05, 4.69) is 54.6 Å². The number of para-hydroxylation sites is 1. The Balaban J connectivity index is 1.18. The van der Waals surface area contributed by atoms with Crippen molar-refractivity contribution < 1.29 is 5.48 Å². The Hall–Kier alpha value is -7.43. The first-order valence-corrected chi connectivity index (χ1v) is 18.2. The molecule has 4 heteroatoms. The molecule has 10 rings (SSSR count). The molecule has 0 amide bonds. The smallest absolute Gasteiger partial charge is 0.164 e. The number of hydrogen-bond donors (Lipinski definition) is 0. The van der Waals surface area contributed by atoms with Gasteiger partial charge in [-0.1, -0.05) is 158 Å². The van der Waals surface area contributed by atoms with Gasteiger partial charge < -0.3 is 4.57 Å². The SMILES string of the molecule is [2H]c1c([2H])c([2H])c2c(c1[2H])c1cc(-c3cc(-c4ccccc4)cc(-c4ccccc4)c3)ccc1n2-c1cccc(-c2nc(-c3ccccc3)nc(-c3ccccc3)n2)c1. The van der Waals surface area contributed by atoms with E-state index in [-0.39, 0.29) is 24.2 Å². The maximum Gasteiger partial charge on any atom is 0.164 e. The van der Waals surface area contributed by atoms with Gasteiger partial charge in [-0.2, -0.15) is 0 Å². The molecule has 0 saturated heterocycles. The molecule has 0 N–H and O–H groups in total. The molecular weight excluding hydrogens is 669 g/mol. The summed E-state index contributed by atoms with van der Waals surface area (Å²) in [6.07, 6.45) is 0. The Morgan fingerprint density at radius 3 is 1.36 bits per heavy atom. The van der Waals surface area contributed by atoms with Gasteiger partial charge in [0.1, 0.15) is 0 Å². The highest BCUT2D eigenvalue weighted by atomic mass is 15.0. The standard InChI is InChI=1S/C51H34N4/c1-5-16-35(17-6-1)41-30-42(36-18-7-2-8-19-36)32-43(31-41)39-28-29-48-46(34-39)45-26-13-14-27-47(45)55(48)44-25-15-24-40(33-44)51-53-49(37-20-9-3-10-21-37)52-50(54-51)38-22-11-4-12-23-38/h1-34H/i13D,14D,26D,27D. The first kappa shape index (κ1) is 28.1. The molecule has 0 radical (unpaired) electrons. The van der Waals surface area contributed by atoms with Crippen LogP contribution in [0.2, 0.25) is 0 Å². The van der Waals surface area contributed by atoms with Crippen molar-refractivity contribution in [1.82, 2.24) is 19.5 Å². The van der Waals surface area contributed by atoms with Crippen molar-refractivity contribution in [3.63, 3.8) is 0 Å². The van der Waals surface area contributed by atoms with Crippen molar-refractivity contribution in [3.05, 3.63) is 206 Å². The third-order valence-electron chi connectivity index (χ3n) is 9.94. The molecule has 258 valence electrons. The van der Waals surface area contributed by atoms with Gasteiger partial charge in [-0.15, -0.1) is 0 Å². The predicted molar refractivity (Wildman–Crippen MR) is 227 cm³/mol. The molecule has 8 aromatic carbocycles. The van der Waals surface area contributed by atoms with E-state index in [0.29, 0.717) is 34.1 Å². The van der Waals surface area contributed by atoms with E-state index >= 15 is 0 Å². The average Bonchev–Trinajstić information content (AvgIpc) is 3.66. The summed E-state index contributed by atoms with van der Waals surface area (Å²) in [5.41, 5.74) is 10.6. The summed E-state index contributed by atoms with van der Waals surface area (Å²) in [6, 6.07) is 60.0. The van der Waals surface area contributed by atoms with Gasteiger partial charge in [0, 0.05) is 33.2 Å². The van der Waals surface area contributed by atoms with Crippen LogP contribution in [0.15, 0.2) is 206 Å². The van der Waals surface area contributed by atoms with Gasteiger partial charge in [0.15, 0.2) is 17.5 Å². The van der Waals surface area contributed by atoms with E-state index in [4.69, 9.17) is 17.7 Å². The quantitative estimate of drug-likeness (QED) is 0.166. The summed E-state index contributed by atoms with van der Waals surface area (Å²) < 4.78 is 37.8. The van der Waals surface area contributed by atoms with Gasteiger partial charge in [-0.25, -0.2) is 15.0 Å². The van der Waals surface area contributed by atoms with Crippen LogP contribution < -0.4 is 0 Å². The molecule has 0 aliphatic heterocycles. The van der Waals surface area contributed by atoms with Crippen molar-refractivity contribution in [3.8, 4) is 73.2 Å². The first-order valence-electron chi connectivity index (χ1n) is 20.2. The van der Waals surface area contributed by atoms with E-state index in [1.807, 2.05) is 132 Å². The zero-order valence-corrected chi connectivity index (χ0v) is 29.6. The second kappa shape index (κ2) is 13.8. The fourth-order valence-electron chi connectivity index (χ4n) is 7.28. The Bertz CT molecular complexity index is 3070.